The van der Waals surface area contributed by atoms with Crippen LogP contribution in [0.4, 0.5) is 0 Å². The van der Waals surface area contributed by atoms with Crippen molar-refractivity contribution in [3.05, 3.63) is 68.1 Å². The average molecular weight is 605 g/mol. The molecule has 3 aliphatic rings. The second-order valence-corrected chi connectivity index (χ2v) is 11.0. The standard InChI is InChI=1S/C26H23Br2NO6/c27-17-11-10-13(12-18(17)28)21-19(24(32)29-14-6-2-1-3-7-14)20(25(33)34)26(35-21)22(30)15-8-4-5-9-16(15)23(26)31/h4-5,8-12,14,19-21H,1-3,6-7H2,(H,29,32)(H,33,34). The lowest BCUT2D eigenvalue weighted by molar-refractivity contribution is -0.148. The van der Waals surface area contributed by atoms with Crippen LogP contribution in [0.3, 0.4) is 0 Å². The van der Waals surface area contributed by atoms with Gasteiger partial charge in [-0.05, 0) is 62.4 Å². The highest BCUT2D eigenvalue weighted by molar-refractivity contribution is 9.13. The molecule has 2 aromatic carbocycles. The molecule has 7 nitrogen and oxygen atoms in total. The highest BCUT2D eigenvalue weighted by atomic mass is 79.9. The van der Waals surface area contributed by atoms with Crippen molar-refractivity contribution >= 4 is 55.3 Å². The van der Waals surface area contributed by atoms with Gasteiger partial charge >= 0.3 is 5.97 Å². The summed E-state index contributed by atoms with van der Waals surface area (Å²) in [4.78, 5) is 53.7. The van der Waals surface area contributed by atoms with E-state index >= 15 is 0 Å². The maximum absolute atomic E-state index is 13.7. The van der Waals surface area contributed by atoms with E-state index < -0.39 is 47.0 Å². The number of halogens is 2. The first-order valence-electron chi connectivity index (χ1n) is 11.6. The molecule has 5 rings (SSSR count). The number of fused-ring (bicyclic) bond motifs is 1. The van der Waals surface area contributed by atoms with Crippen LogP contribution >= 0.6 is 31.9 Å². The molecule has 9 heteroatoms. The molecule has 2 aromatic rings. The second kappa shape index (κ2) is 9.26. The van der Waals surface area contributed by atoms with Crippen molar-refractivity contribution in [2.24, 2.45) is 11.8 Å². The fraction of sp³-hybridized carbons (Fsp3) is 0.385. The smallest absolute Gasteiger partial charge is 0.311 e. The SMILES string of the molecule is O=C(NC1CCCCC1)C1C(c2ccc(Br)c(Br)c2)OC2(C(=O)c3ccccc3C2=O)C1C(=O)O. The Morgan fingerprint density at radius 1 is 0.943 bits per heavy atom. The molecule has 1 spiro atoms. The van der Waals surface area contributed by atoms with Crippen molar-refractivity contribution in [1.82, 2.24) is 5.32 Å². The molecule has 1 amide bonds. The molecule has 1 aliphatic heterocycles. The van der Waals surface area contributed by atoms with Gasteiger partial charge in [0, 0.05) is 26.1 Å². The minimum Gasteiger partial charge on any atom is -0.481 e. The first-order valence-corrected chi connectivity index (χ1v) is 13.2. The summed E-state index contributed by atoms with van der Waals surface area (Å²) < 4.78 is 7.65. The van der Waals surface area contributed by atoms with E-state index in [-0.39, 0.29) is 17.2 Å². The number of carboxylic acids is 1. The van der Waals surface area contributed by atoms with Crippen molar-refractivity contribution in [3.63, 3.8) is 0 Å². The lowest BCUT2D eigenvalue weighted by atomic mass is 9.75. The molecule has 3 atom stereocenters. The van der Waals surface area contributed by atoms with Crippen LogP contribution in [0.15, 0.2) is 51.4 Å². The predicted octanol–water partition coefficient (Wildman–Crippen LogP) is 4.87. The maximum Gasteiger partial charge on any atom is 0.311 e. The van der Waals surface area contributed by atoms with Crippen molar-refractivity contribution in [3.8, 4) is 0 Å². The molecule has 0 aromatic heterocycles. The van der Waals surface area contributed by atoms with Crippen molar-refractivity contribution in [2.75, 3.05) is 0 Å². The Balaban J connectivity index is 1.63. The molecular formula is C26H23Br2NO6. The van der Waals surface area contributed by atoms with E-state index in [0.29, 0.717) is 10.0 Å². The monoisotopic (exact) mass is 603 g/mol. The fourth-order valence-corrected chi connectivity index (χ4v) is 6.31. The van der Waals surface area contributed by atoms with Gasteiger partial charge < -0.3 is 15.2 Å². The van der Waals surface area contributed by atoms with Gasteiger partial charge in [0.05, 0.1) is 12.0 Å². The zero-order valence-corrected chi connectivity index (χ0v) is 21.8. The number of ether oxygens (including phenoxy) is 1. The zero-order chi connectivity index (χ0) is 24.9. The maximum atomic E-state index is 13.7. The van der Waals surface area contributed by atoms with E-state index in [2.05, 4.69) is 37.2 Å². The third kappa shape index (κ3) is 3.88. The zero-order valence-electron chi connectivity index (χ0n) is 18.6. The minimum absolute atomic E-state index is 0.0771. The van der Waals surface area contributed by atoms with Gasteiger partial charge in [-0.15, -0.1) is 0 Å². The summed E-state index contributed by atoms with van der Waals surface area (Å²) in [5, 5.41) is 13.4. The Hall–Kier alpha value is -2.36. The van der Waals surface area contributed by atoms with Crippen LogP contribution < -0.4 is 5.32 Å². The Morgan fingerprint density at radius 2 is 1.57 bits per heavy atom. The molecule has 3 unspecified atom stereocenters. The van der Waals surface area contributed by atoms with Gasteiger partial charge in [0.15, 0.2) is 0 Å². The molecule has 1 saturated carbocycles. The normalized spacial score (nSPS) is 25.6. The highest BCUT2D eigenvalue weighted by Gasteiger charge is 2.71. The number of carboxylic acid groups (broad SMARTS) is 1. The number of Topliss-reactive ketones (excluding diaryl/α,β-unsaturated/α-hetero) is 2. The predicted molar refractivity (Wildman–Crippen MR) is 133 cm³/mol. The van der Waals surface area contributed by atoms with E-state index in [1.165, 1.54) is 12.1 Å². The molecule has 2 aliphatic carbocycles. The Morgan fingerprint density at radius 3 is 2.14 bits per heavy atom. The van der Waals surface area contributed by atoms with Gasteiger partial charge in [-0.2, -0.15) is 0 Å². The van der Waals surface area contributed by atoms with Gasteiger partial charge in [-0.25, -0.2) is 0 Å². The third-order valence-electron chi connectivity index (χ3n) is 7.32. The number of amides is 1. The highest BCUT2D eigenvalue weighted by Crippen LogP contribution is 2.54. The summed E-state index contributed by atoms with van der Waals surface area (Å²) in [6.07, 6.45) is 3.56. The number of carbonyl (C=O) groups excluding carboxylic acids is 3. The molecule has 1 heterocycles. The van der Waals surface area contributed by atoms with E-state index in [1.807, 2.05) is 0 Å². The number of benzene rings is 2. The van der Waals surface area contributed by atoms with Crippen LogP contribution in [0.25, 0.3) is 0 Å². The lowest BCUT2D eigenvalue weighted by Crippen LogP contribution is -2.53. The summed E-state index contributed by atoms with van der Waals surface area (Å²) in [7, 11) is 0. The molecule has 1 saturated heterocycles. The number of aliphatic carboxylic acids is 1. The summed E-state index contributed by atoms with van der Waals surface area (Å²) in [6, 6.07) is 11.3. The molecule has 2 N–H and O–H groups in total. The molecule has 35 heavy (non-hydrogen) atoms. The van der Waals surface area contributed by atoms with E-state index in [1.54, 1.807) is 30.3 Å². The Bertz CT molecular complexity index is 1200. The van der Waals surface area contributed by atoms with Crippen LogP contribution in [0.1, 0.15) is 64.5 Å². The average Bonchev–Trinajstić information content (AvgIpc) is 3.32. The largest absolute Gasteiger partial charge is 0.481 e. The lowest BCUT2D eigenvalue weighted by Gasteiger charge is -2.28. The van der Waals surface area contributed by atoms with Crippen molar-refractivity contribution < 1.29 is 29.0 Å². The van der Waals surface area contributed by atoms with Gasteiger partial charge in [0.25, 0.3) is 0 Å². The second-order valence-electron chi connectivity index (χ2n) is 9.34. The van der Waals surface area contributed by atoms with Crippen LogP contribution in [0.5, 0.6) is 0 Å². The number of rotatable bonds is 4. The van der Waals surface area contributed by atoms with Gasteiger partial charge in [0.1, 0.15) is 5.92 Å². The topological polar surface area (TPSA) is 110 Å². The van der Waals surface area contributed by atoms with Gasteiger partial charge in [0.2, 0.25) is 23.1 Å². The molecular weight excluding hydrogens is 582 g/mol. The number of ketones is 2. The van der Waals surface area contributed by atoms with Crippen LogP contribution in [-0.4, -0.2) is 40.2 Å². The molecule has 0 bridgehead atoms. The van der Waals surface area contributed by atoms with E-state index in [0.717, 1.165) is 36.6 Å². The van der Waals surface area contributed by atoms with Gasteiger partial charge in [-0.3, -0.25) is 19.2 Å². The number of carbonyl (C=O) groups is 4. The van der Waals surface area contributed by atoms with Crippen molar-refractivity contribution in [2.45, 2.75) is 49.9 Å². The number of hydrogen-bond donors (Lipinski definition) is 2. The molecule has 182 valence electrons. The van der Waals surface area contributed by atoms with Crippen LogP contribution in [0.2, 0.25) is 0 Å². The number of nitrogens with one attached hydrogen (secondary N) is 1. The summed E-state index contributed by atoms with van der Waals surface area (Å²) in [5.41, 5.74) is -1.56. The first kappa shape index (κ1) is 24.3. The van der Waals surface area contributed by atoms with Crippen LogP contribution in [-0.2, 0) is 14.3 Å². The summed E-state index contributed by atoms with van der Waals surface area (Å²) in [6.45, 7) is 0. The number of hydrogen-bond acceptors (Lipinski definition) is 5. The molecule has 2 fully saturated rings. The Labute approximate surface area is 218 Å². The van der Waals surface area contributed by atoms with Crippen LogP contribution in [0, 0.1) is 11.8 Å². The summed E-state index contributed by atoms with van der Waals surface area (Å²) in [5.74, 6) is -6.29. The Kier molecular flexibility index (Phi) is 6.44. The quantitative estimate of drug-likeness (QED) is 0.482. The van der Waals surface area contributed by atoms with E-state index in [9.17, 15) is 24.3 Å². The fourth-order valence-electron chi connectivity index (χ4n) is 5.67. The van der Waals surface area contributed by atoms with Crippen molar-refractivity contribution in [1.29, 1.82) is 0 Å². The minimum atomic E-state index is -2.30. The summed E-state index contributed by atoms with van der Waals surface area (Å²) >= 11 is 6.85. The molecule has 0 radical (unpaired) electrons. The third-order valence-corrected chi connectivity index (χ3v) is 9.20. The first-order chi connectivity index (χ1) is 16.8. The van der Waals surface area contributed by atoms with Gasteiger partial charge in [-0.1, -0.05) is 49.6 Å². The van der Waals surface area contributed by atoms with E-state index in [4.69, 9.17) is 4.74 Å².